The molecule has 4 aromatic rings. The number of carboxylic acid groups (broad SMARTS) is 2. The summed E-state index contributed by atoms with van der Waals surface area (Å²) in [5, 5.41) is 22.8. The minimum atomic E-state index is -0.867. The Balaban J connectivity index is 1.91. The van der Waals surface area contributed by atoms with Crippen LogP contribution in [-0.2, 0) is 31.9 Å². The van der Waals surface area contributed by atoms with E-state index in [1.54, 1.807) is 0 Å². The van der Waals surface area contributed by atoms with Crippen LogP contribution in [0.2, 0.25) is 0 Å². The average Bonchev–Trinajstić information content (AvgIpc) is 3.73. The molecule has 5 rings (SSSR count). The third kappa shape index (κ3) is 7.61. The molecule has 0 aromatic carbocycles. The number of aromatic amines is 4. The number of nitrogens with one attached hydrogen (secondary N) is 4. The fourth-order valence-corrected chi connectivity index (χ4v) is 7.20. The molecule has 10 heteroatoms. The molecule has 0 fully saturated rings. The van der Waals surface area contributed by atoms with Crippen molar-refractivity contribution >= 4 is 36.2 Å². The van der Waals surface area contributed by atoms with Crippen molar-refractivity contribution in [2.75, 3.05) is 13.2 Å². The van der Waals surface area contributed by atoms with Gasteiger partial charge in [0.15, 0.2) is 0 Å². The topological polar surface area (TPSA) is 156 Å². The van der Waals surface area contributed by atoms with Crippen LogP contribution in [0.3, 0.4) is 0 Å². The van der Waals surface area contributed by atoms with Gasteiger partial charge in [-0.15, -0.1) is 0 Å². The van der Waals surface area contributed by atoms with Gasteiger partial charge in [0, 0.05) is 81.4 Å². The highest BCUT2D eigenvalue weighted by Gasteiger charge is 2.22. The van der Waals surface area contributed by atoms with Crippen LogP contribution < -0.4 is 21.4 Å². The van der Waals surface area contributed by atoms with Crippen molar-refractivity contribution in [3.8, 4) is 0 Å². The van der Waals surface area contributed by atoms with Crippen molar-refractivity contribution in [1.29, 1.82) is 0 Å². The Labute approximate surface area is 293 Å². The monoisotopic (exact) mass is 684 g/mol. The fourth-order valence-electron chi connectivity index (χ4n) is 7.20. The van der Waals surface area contributed by atoms with Crippen LogP contribution in [0.25, 0.3) is 24.3 Å². The van der Waals surface area contributed by atoms with E-state index in [-0.39, 0.29) is 25.0 Å². The first-order valence-corrected chi connectivity index (χ1v) is 17.8. The van der Waals surface area contributed by atoms with Gasteiger partial charge in [0.1, 0.15) is 0 Å². The van der Waals surface area contributed by atoms with Gasteiger partial charge in [-0.2, -0.15) is 0 Å². The van der Waals surface area contributed by atoms with Crippen LogP contribution in [0.15, 0.2) is 0 Å². The highest BCUT2D eigenvalue weighted by molar-refractivity contribution is 5.70. The van der Waals surface area contributed by atoms with Gasteiger partial charge in [0.2, 0.25) is 0 Å². The lowest BCUT2D eigenvalue weighted by atomic mass is 10.0. The lowest BCUT2D eigenvalue weighted by Gasteiger charge is -2.14. The zero-order valence-electron chi connectivity index (χ0n) is 30.6. The Morgan fingerprint density at radius 2 is 1.06 bits per heavy atom. The summed E-state index contributed by atoms with van der Waals surface area (Å²) in [6.07, 6.45) is 10.5. The summed E-state index contributed by atoms with van der Waals surface area (Å²) in [4.78, 5) is 38.1. The van der Waals surface area contributed by atoms with E-state index in [1.165, 1.54) is 0 Å². The van der Waals surface area contributed by atoms with Gasteiger partial charge in [-0.05, 0) is 125 Å². The highest BCUT2D eigenvalue weighted by Crippen LogP contribution is 2.29. The number of carboxylic acids is 2. The number of hydrogen-bond acceptors (Lipinski definition) is 4. The second-order valence-electron chi connectivity index (χ2n) is 13.5. The van der Waals surface area contributed by atoms with E-state index >= 15 is 0 Å². The summed E-state index contributed by atoms with van der Waals surface area (Å²) >= 11 is 0. The summed E-state index contributed by atoms with van der Waals surface area (Å²) in [7, 11) is 0. The normalized spacial score (nSPS) is 13.6. The number of aromatic nitrogens is 4. The quantitative estimate of drug-likeness (QED) is 0.0981. The maximum Gasteiger partial charge on any atom is 0.303 e. The Hall–Kier alpha value is -4.54. The van der Waals surface area contributed by atoms with Crippen LogP contribution in [0.5, 0.6) is 0 Å². The molecule has 2 atom stereocenters. The van der Waals surface area contributed by atoms with Crippen molar-refractivity contribution in [3.05, 3.63) is 88.7 Å². The van der Waals surface area contributed by atoms with E-state index in [0.29, 0.717) is 26.1 Å². The number of carbonyl (C=O) groups is 2. The summed E-state index contributed by atoms with van der Waals surface area (Å²) in [5.41, 5.74) is 11.6. The van der Waals surface area contributed by atoms with E-state index in [0.717, 1.165) is 102 Å². The first-order valence-electron chi connectivity index (χ1n) is 17.8. The predicted octanol–water partition coefficient (Wildman–Crippen LogP) is 4.87. The maximum atomic E-state index is 11.7. The first kappa shape index (κ1) is 36.7. The smallest absolute Gasteiger partial charge is 0.303 e. The maximum absolute atomic E-state index is 11.7. The molecule has 5 heterocycles. The van der Waals surface area contributed by atoms with Crippen molar-refractivity contribution in [2.24, 2.45) is 0 Å². The highest BCUT2D eigenvalue weighted by atomic mass is 16.5. The van der Waals surface area contributed by atoms with Crippen molar-refractivity contribution in [1.82, 2.24) is 19.9 Å². The third-order valence-electron chi connectivity index (χ3n) is 9.93. The largest absolute Gasteiger partial charge is 0.481 e. The molecule has 8 bridgehead atoms. The lowest BCUT2D eigenvalue weighted by molar-refractivity contribution is -0.138. The van der Waals surface area contributed by atoms with Gasteiger partial charge in [-0.1, -0.05) is 13.8 Å². The molecule has 1 aliphatic heterocycles. The molecule has 6 N–H and O–H groups in total. The van der Waals surface area contributed by atoms with Gasteiger partial charge >= 0.3 is 11.9 Å². The van der Waals surface area contributed by atoms with Crippen LogP contribution in [0.1, 0.15) is 133 Å². The van der Waals surface area contributed by atoms with E-state index in [9.17, 15) is 19.8 Å². The molecule has 50 heavy (non-hydrogen) atoms. The van der Waals surface area contributed by atoms with E-state index in [1.807, 2.05) is 19.9 Å². The summed E-state index contributed by atoms with van der Waals surface area (Å²) in [5.74, 6) is -1.73. The zero-order valence-corrected chi connectivity index (χ0v) is 30.6. The van der Waals surface area contributed by atoms with Gasteiger partial charge in [0.05, 0.1) is 12.2 Å². The van der Waals surface area contributed by atoms with Crippen molar-refractivity contribution < 1.29 is 29.3 Å². The van der Waals surface area contributed by atoms with Crippen molar-refractivity contribution in [2.45, 2.75) is 106 Å². The lowest BCUT2D eigenvalue weighted by Crippen LogP contribution is -2.15. The molecule has 0 saturated heterocycles. The first-order chi connectivity index (χ1) is 23.8. The van der Waals surface area contributed by atoms with Crippen molar-refractivity contribution in [3.63, 3.8) is 0 Å². The zero-order chi connectivity index (χ0) is 36.3. The van der Waals surface area contributed by atoms with Crippen LogP contribution >= 0.6 is 0 Å². The molecule has 268 valence electrons. The van der Waals surface area contributed by atoms with E-state index in [2.05, 4.69) is 79.7 Å². The summed E-state index contributed by atoms with van der Waals surface area (Å²) < 4.78 is 12.6. The second-order valence-corrected chi connectivity index (χ2v) is 13.5. The molecule has 4 aromatic heterocycles. The van der Waals surface area contributed by atoms with Gasteiger partial charge in [0.25, 0.3) is 0 Å². The summed E-state index contributed by atoms with van der Waals surface area (Å²) in [6, 6.07) is 0. The minimum absolute atomic E-state index is 0.0138. The van der Waals surface area contributed by atoms with E-state index in [4.69, 9.17) is 9.47 Å². The molecule has 0 spiro atoms. The molecule has 0 aliphatic carbocycles. The Bertz CT molecular complexity index is 2140. The number of ether oxygens (including phenoxy) is 2. The Kier molecular flexibility index (Phi) is 11.4. The molecule has 0 amide bonds. The third-order valence-corrected chi connectivity index (χ3v) is 9.93. The van der Waals surface area contributed by atoms with Crippen LogP contribution in [0, 0.1) is 27.7 Å². The number of fused-ring (bicyclic) bond motifs is 8. The number of aliphatic carboxylic acids is 2. The molecule has 2 unspecified atom stereocenters. The Morgan fingerprint density at radius 1 is 0.580 bits per heavy atom. The van der Waals surface area contributed by atoms with E-state index < -0.39 is 11.9 Å². The second kappa shape index (κ2) is 15.6. The molecule has 10 nitrogen and oxygen atoms in total. The fraction of sp³-hybridized carbons (Fsp3) is 0.450. The average molecular weight is 685 g/mol. The molecule has 0 saturated carbocycles. The number of rotatable bonds is 14. The summed E-state index contributed by atoms with van der Waals surface area (Å²) in [6.45, 7) is 17.9. The molecular formula is C40H52N4O6. The van der Waals surface area contributed by atoms with Gasteiger partial charge in [-0.3, -0.25) is 9.59 Å². The molecule has 1 aliphatic rings. The number of H-pyrrole nitrogens is 4. The Morgan fingerprint density at radius 3 is 1.68 bits per heavy atom. The molecular weight excluding hydrogens is 632 g/mol. The van der Waals surface area contributed by atoms with Crippen LogP contribution in [0.4, 0.5) is 0 Å². The van der Waals surface area contributed by atoms with Gasteiger partial charge in [-0.25, -0.2) is 0 Å². The predicted molar refractivity (Wildman–Crippen MR) is 196 cm³/mol. The SMILES string of the molecule is CCCOC(C)c1c2[nH]c(c1C)C=c1[nH]c(c(CCC(=O)O)c1C)=Cc1[nH]c(c(C)c1CCC(=O)O)C=c1[nH]c(c(C)c1C(C)OCCC)=C2. The minimum Gasteiger partial charge on any atom is -0.481 e. The van der Waals surface area contributed by atoms with Gasteiger partial charge < -0.3 is 39.6 Å². The number of hydrogen-bond donors (Lipinski definition) is 6. The molecule has 0 radical (unpaired) electrons. The van der Waals surface area contributed by atoms with Crippen LogP contribution in [-0.4, -0.2) is 55.3 Å². The standard InChI is InChI=1S/C40H52N4O6/c1-9-15-49-25(7)39-23(5)31-17-29-21(3)27(11-13-37(45)46)33(41-29)20-34-28(12-14-38(47)48)22(4)30(42-34)18-35-40(26(8)50-16-10-2)24(6)32(44-35)19-36(39)43-31/h17-20,25-26,41-44H,9-16H2,1-8H3,(H,45,46)(H,47,48).